The third-order valence-electron chi connectivity index (χ3n) is 6.17. The van der Waals surface area contributed by atoms with Gasteiger partial charge in [0.25, 0.3) is 0 Å². The number of para-hydroxylation sites is 1. The van der Waals surface area contributed by atoms with Crippen molar-refractivity contribution in [3.8, 4) is 29.0 Å². The van der Waals surface area contributed by atoms with Crippen molar-refractivity contribution in [3.05, 3.63) is 48.5 Å². The van der Waals surface area contributed by atoms with Gasteiger partial charge in [0.15, 0.2) is 22.5 Å². The molecule has 4 rings (SSSR count). The maximum atomic E-state index is 13.1. The number of thioether (sulfide) groups is 1. The Balaban J connectivity index is 1.62. The predicted molar refractivity (Wildman–Crippen MR) is 136 cm³/mol. The first-order chi connectivity index (χ1) is 17.2. The van der Waals surface area contributed by atoms with Crippen LogP contribution in [0, 0.1) is 11.3 Å². The molecule has 0 saturated heterocycles. The highest BCUT2D eigenvalue weighted by molar-refractivity contribution is 7.99. The van der Waals surface area contributed by atoms with E-state index in [-0.39, 0.29) is 24.2 Å². The van der Waals surface area contributed by atoms with E-state index in [9.17, 15) is 10.1 Å². The molecule has 3 aromatic rings. The van der Waals surface area contributed by atoms with Gasteiger partial charge >= 0.3 is 0 Å². The second-order valence-electron chi connectivity index (χ2n) is 8.30. The molecule has 9 heteroatoms. The molecule has 0 atom stereocenters. The summed E-state index contributed by atoms with van der Waals surface area (Å²) in [5.74, 6) is 2.05. The molecule has 1 aliphatic carbocycles. The van der Waals surface area contributed by atoms with Crippen LogP contribution in [0.15, 0.2) is 53.7 Å². The lowest BCUT2D eigenvalue weighted by Crippen LogP contribution is -2.32. The van der Waals surface area contributed by atoms with E-state index in [0.29, 0.717) is 22.3 Å². The molecule has 2 aromatic carbocycles. The number of anilines is 1. The zero-order chi connectivity index (χ0) is 24.6. The van der Waals surface area contributed by atoms with Crippen LogP contribution in [-0.2, 0) is 4.79 Å². The molecule has 182 valence electrons. The standard InChI is InChI=1S/C26H29N5O3S/c1-33-22-14-13-19(17-23(22)34-2)25-28-29-26(31(25)21-11-7-4-8-12-21)35-18-24(32)30(16-15-27)20-9-5-3-6-10-20/h3,5-6,9-10,13-14,17,21H,4,7-8,11-12,16,18H2,1-2H3. The number of ether oxygens (including phenoxy) is 2. The van der Waals surface area contributed by atoms with Crippen molar-refractivity contribution < 1.29 is 14.3 Å². The Hall–Kier alpha value is -3.51. The van der Waals surface area contributed by atoms with Crippen LogP contribution < -0.4 is 14.4 Å². The van der Waals surface area contributed by atoms with E-state index in [0.717, 1.165) is 37.1 Å². The van der Waals surface area contributed by atoms with Gasteiger partial charge in [-0.1, -0.05) is 49.2 Å². The SMILES string of the molecule is COc1ccc(-c2nnc(SCC(=O)N(CC#N)c3ccccc3)n2C2CCCCC2)cc1OC. The number of nitriles is 1. The van der Waals surface area contributed by atoms with Gasteiger partial charge in [-0.2, -0.15) is 5.26 Å². The van der Waals surface area contributed by atoms with Gasteiger partial charge in [0, 0.05) is 17.3 Å². The van der Waals surface area contributed by atoms with Gasteiger partial charge < -0.3 is 9.47 Å². The quantitative estimate of drug-likeness (QED) is 0.303. The van der Waals surface area contributed by atoms with Gasteiger partial charge in [-0.15, -0.1) is 10.2 Å². The number of rotatable bonds is 9. The fourth-order valence-electron chi connectivity index (χ4n) is 4.42. The number of nitrogens with zero attached hydrogens (tertiary/aromatic N) is 5. The summed E-state index contributed by atoms with van der Waals surface area (Å²) in [5, 5.41) is 19.0. The average molecular weight is 492 g/mol. The number of hydrogen-bond acceptors (Lipinski definition) is 7. The van der Waals surface area contributed by atoms with Crippen molar-refractivity contribution in [2.24, 2.45) is 0 Å². The zero-order valence-electron chi connectivity index (χ0n) is 20.0. The number of carbonyl (C=O) groups excluding carboxylic acids is 1. The molecule has 0 radical (unpaired) electrons. The number of aromatic nitrogens is 3. The second kappa shape index (κ2) is 11.8. The largest absolute Gasteiger partial charge is 0.493 e. The molecule has 1 amide bonds. The minimum Gasteiger partial charge on any atom is -0.493 e. The summed E-state index contributed by atoms with van der Waals surface area (Å²) in [4.78, 5) is 14.6. The number of hydrogen-bond donors (Lipinski definition) is 0. The normalized spacial score (nSPS) is 13.7. The molecular formula is C26H29N5O3S. The molecule has 1 aromatic heterocycles. The topological polar surface area (TPSA) is 93.3 Å². The number of amides is 1. The van der Waals surface area contributed by atoms with Gasteiger partial charge in [0.1, 0.15) is 6.54 Å². The van der Waals surface area contributed by atoms with E-state index < -0.39 is 0 Å². The van der Waals surface area contributed by atoms with Crippen molar-refractivity contribution in [3.63, 3.8) is 0 Å². The zero-order valence-corrected chi connectivity index (χ0v) is 20.8. The van der Waals surface area contributed by atoms with E-state index in [2.05, 4.69) is 20.8 Å². The Kier molecular flexibility index (Phi) is 8.27. The summed E-state index contributed by atoms with van der Waals surface area (Å²) in [7, 11) is 3.22. The molecule has 0 N–H and O–H groups in total. The molecule has 1 heterocycles. The van der Waals surface area contributed by atoms with Crippen molar-refractivity contribution in [2.45, 2.75) is 43.3 Å². The minimum absolute atomic E-state index is 0.00435. The maximum Gasteiger partial charge on any atom is 0.238 e. The van der Waals surface area contributed by atoms with Crippen molar-refractivity contribution in [1.29, 1.82) is 5.26 Å². The van der Waals surface area contributed by atoms with Crippen molar-refractivity contribution in [2.75, 3.05) is 31.4 Å². The number of carbonyl (C=O) groups is 1. The molecule has 1 aliphatic rings. The summed E-state index contributed by atoms with van der Waals surface area (Å²) < 4.78 is 13.1. The summed E-state index contributed by atoms with van der Waals surface area (Å²) in [6.45, 7) is -0.00435. The number of benzene rings is 2. The summed E-state index contributed by atoms with van der Waals surface area (Å²) >= 11 is 1.36. The molecule has 1 saturated carbocycles. The van der Waals surface area contributed by atoms with E-state index in [1.165, 1.54) is 23.1 Å². The molecule has 8 nitrogen and oxygen atoms in total. The first-order valence-corrected chi connectivity index (χ1v) is 12.7. The Bertz CT molecular complexity index is 1190. The molecule has 0 aliphatic heterocycles. The first-order valence-electron chi connectivity index (χ1n) is 11.7. The molecular weight excluding hydrogens is 462 g/mol. The Morgan fingerprint density at radius 2 is 1.83 bits per heavy atom. The maximum absolute atomic E-state index is 13.1. The lowest BCUT2D eigenvalue weighted by molar-refractivity contribution is -0.116. The van der Waals surface area contributed by atoms with Crippen LogP contribution in [0.5, 0.6) is 11.5 Å². The van der Waals surface area contributed by atoms with Gasteiger partial charge in [-0.3, -0.25) is 14.3 Å². The minimum atomic E-state index is -0.145. The van der Waals surface area contributed by atoms with E-state index in [4.69, 9.17) is 9.47 Å². The van der Waals surface area contributed by atoms with Gasteiger partial charge in [-0.05, 0) is 43.2 Å². The second-order valence-corrected chi connectivity index (χ2v) is 9.24. The lowest BCUT2D eigenvalue weighted by Gasteiger charge is -2.26. The predicted octanol–water partition coefficient (Wildman–Crippen LogP) is 5.12. The van der Waals surface area contributed by atoms with Crippen LogP contribution in [0.1, 0.15) is 38.1 Å². The molecule has 1 fully saturated rings. The molecule has 0 unspecified atom stereocenters. The van der Waals surface area contributed by atoms with Crippen LogP contribution in [0.4, 0.5) is 5.69 Å². The first kappa shape index (κ1) is 24.6. The highest BCUT2D eigenvalue weighted by Crippen LogP contribution is 2.38. The van der Waals surface area contributed by atoms with Crippen molar-refractivity contribution >= 4 is 23.4 Å². The summed E-state index contributed by atoms with van der Waals surface area (Å²) in [6.07, 6.45) is 5.63. The molecule has 35 heavy (non-hydrogen) atoms. The van der Waals surface area contributed by atoms with Crippen LogP contribution in [0.3, 0.4) is 0 Å². The van der Waals surface area contributed by atoms with Crippen molar-refractivity contribution in [1.82, 2.24) is 14.8 Å². The Morgan fingerprint density at radius 1 is 1.09 bits per heavy atom. The van der Waals surface area contributed by atoms with Gasteiger partial charge in [0.05, 0.1) is 26.0 Å². The Morgan fingerprint density at radius 3 is 2.51 bits per heavy atom. The highest BCUT2D eigenvalue weighted by atomic mass is 32.2. The van der Waals surface area contributed by atoms with E-state index in [1.54, 1.807) is 14.2 Å². The third kappa shape index (κ3) is 5.60. The Labute approximate surface area is 209 Å². The lowest BCUT2D eigenvalue weighted by atomic mass is 9.95. The monoisotopic (exact) mass is 491 g/mol. The van der Waals surface area contributed by atoms with Crippen LogP contribution in [0.2, 0.25) is 0 Å². The third-order valence-corrected chi connectivity index (χ3v) is 7.10. The van der Waals surface area contributed by atoms with E-state index in [1.807, 2.05) is 48.5 Å². The fraction of sp³-hybridized carbons (Fsp3) is 0.385. The average Bonchev–Trinajstić information content (AvgIpc) is 3.35. The van der Waals surface area contributed by atoms with Crippen LogP contribution in [-0.4, -0.2) is 47.2 Å². The molecule has 0 bridgehead atoms. The molecule has 0 spiro atoms. The smallest absolute Gasteiger partial charge is 0.238 e. The highest BCUT2D eigenvalue weighted by Gasteiger charge is 2.26. The fourth-order valence-corrected chi connectivity index (χ4v) is 5.30. The van der Waals surface area contributed by atoms with Gasteiger partial charge in [-0.25, -0.2) is 0 Å². The van der Waals surface area contributed by atoms with Gasteiger partial charge in [0.2, 0.25) is 5.91 Å². The van der Waals surface area contributed by atoms with Crippen LogP contribution >= 0.6 is 11.8 Å². The summed E-state index contributed by atoms with van der Waals surface area (Å²) in [6, 6.07) is 17.4. The summed E-state index contributed by atoms with van der Waals surface area (Å²) in [5.41, 5.74) is 1.59. The van der Waals surface area contributed by atoms with Crippen LogP contribution in [0.25, 0.3) is 11.4 Å². The van der Waals surface area contributed by atoms with E-state index >= 15 is 0 Å². The number of methoxy groups -OCH3 is 2.